The van der Waals surface area contributed by atoms with E-state index in [1.807, 2.05) is 67.5 Å². The van der Waals surface area contributed by atoms with Crippen LogP contribution in [-0.4, -0.2) is 43.4 Å². The van der Waals surface area contributed by atoms with Gasteiger partial charge in [-0.25, -0.2) is 4.39 Å². The first kappa shape index (κ1) is 22.8. The van der Waals surface area contributed by atoms with Gasteiger partial charge in [-0.3, -0.25) is 9.36 Å². The summed E-state index contributed by atoms with van der Waals surface area (Å²) < 4.78 is 21.4. The maximum absolute atomic E-state index is 13.9. The normalized spacial score (nSPS) is 11.2. The number of thioether (sulfide) groups is 1. The quantitative estimate of drug-likeness (QED) is 0.449. The average Bonchev–Trinajstić information content (AvgIpc) is 3.14. The second-order valence-electron chi connectivity index (χ2n) is 7.57. The zero-order valence-electron chi connectivity index (χ0n) is 18.2. The van der Waals surface area contributed by atoms with Crippen LogP contribution >= 0.6 is 11.8 Å². The summed E-state index contributed by atoms with van der Waals surface area (Å²) >= 11 is 1.33. The number of para-hydroxylation sites is 2. The Morgan fingerprint density at radius 1 is 1.03 bits per heavy atom. The Morgan fingerprint density at radius 2 is 1.68 bits per heavy atom. The minimum Gasteiger partial charge on any atom is -0.483 e. The number of benzene rings is 2. The summed E-state index contributed by atoms with van der Waals surface area (Å²) in [5.41, 5.74) is 0.846. The lowest BCUT2D eigenvalue weighted by Gasteiger charge is -2.30. The number of nitrogens with zero attached hydrogens (tertiary/aromatic N) is 4. The molecule has 0 spiro atoms. The number of ether oxygens (including phenoxy) is 1. The Labute approximate surface area is 186 Å². The van der Waals surface area contributed by atoms with E-state index in [1.165, 1.54) is 17.8 Å². The summed E-state index contributed by atoms with van der Waals surface area (Å²) in [6.07, 6.45) is 0. The monoisotopic (exact) mass is 442 g/mol. The smallest absolute Gasteiger partial charge is 0.233 e. The molecule has 31 heavy (non-hydrogen) atoms. The van der Waals surface area contributed by atoms with Crippen molar-refractivity contribution in [2.24, 2.45) is 0 Å². The zero-order valence-corrected chi connectivity index (χ0v) is 19.0. The van der Waals surface area contributed by atoms with E-state index in [0.717, 1.165) is 5.69 Å². The van der Waals surface area contributed by atoms with Crippen LogP contribution in [0.3, 0.4) is 0 Å². The summed E-state index contributed by atoms with van der Waals surface area (Å²) in [4.78, 5) is 14.6. The van der Waals surface area contributed by atoms with Gasteiger partial charge in [0, 0.05) is 17.8 Å². The average molecular weight is 443 g/mol. The molecule has 164 valence electrons. The topological polar surface area (TPSA) is 60.3 Å². The molecule has 2 aromatic carbocycles. The van der Waals surface area contributed by atoms with Gasteiger partial charge in [0.25, 0.3) is 0 Å². The molecule has 6 nitrogen and oxygen atoms in total. The number of rotatable bonds is 9. The molecule has 0 fully saturated rings. The van der Waals surface area contributed by atoms with E-state index in [1.54, 1.807) is 18.2 Å². The zero-order chi connectivity index (χ0) is 22.4. The van der Waals surface area contributed by atoms with E-state index in [2.05, 4.69) is 10.2 Å². The molecule has 0 unspecified atom stereocenters. The first-order valence-corrected chi connectivity index (χ1v) is 11.2. The van der Waals surface area contributed by atoms with E-state index in [9.17, 15) is 9.18 Å². The minimum absolute atomic E-state index is 0.0431. The maximum Gasteiger partial charge on any atom is 0.233 e. The molecule has 1 heterocycles. The van der Waals surface area contributed by atoms with Crippen molar-refractivity contribution in [2.75, 3.05) is 5.75 Å². The standard InChI is InChI=1S/C23H27FN4O2S/c1-16(2)27(17(3)4)22(29)15-31-23-26-25-21(28(23)18-10-6-5-7-11-18)14-30-20-13-9-8-12-19(20)24/h5-13,16-17H,14-15H2,1-4H3. The van der Waals surface area contributed by atoms with Crippen LogP contribution in [0, 0.1) is 5.82 Å². The van der Waals surface area contributed by atoms with Crippen LogP contribution in [0.2, 0.25) is 0 Å². The molecule has 0 saturated heterocycles. The first-order valence-electron chi connectivity index (χ1n) is 10.2. The van der Waals surface area contributed by atoms with E-state index in [-0.39, 0.29) is 36.1 Å². The molecule has 1 aromatic heterocycles. The van der Waals surface area contributed by atoms with Gasteiger partial charge in [-0.1, -0.05) is 42.1 Å². The third-order valence-corrected chi connectivity index (χ3v) is 5.55. The number of carbonyl (C=O) groups is 1. The fourth-order valence-corrected chi connectivity index (χ4v) is 4.24. The summed E-state index contributed by atoms with van der Waals surface area (Å²) in [5.74, 6) is 0.529. The molecular formula is C23H27FN4O2S. The Kier molecular flexibility index (Phi) is 7.68. The third kappa shape index (κ3) is 5.64. The van der Waals surface area contributed by atoms with Crippen LogP contribution < -0.4 is 4.74 Å². The molecule has 8 heteroatoms. The molecule has 0 saturated carbocycles. The number of carbonyl (C=O) groups excluding carboxylic acids is 1. The van der Waals surface area contributed by atoms with Gasteiger partial charge in [0.05, 0.1) is 5.75 Å². The Balaban J connectivity index is 1.82. The van der Waals surface area contributed by atoms with Crippen LogP contribution in [0.4, 0.5) is 4.39 Å². The van der Waals surface area contributed by atoms with Crippen molar-refractivity contribution in [2.45, 2.75) is 51.5 Å². The van der Waals surface area contributed by atoms with Crippen LogP contribution in [0.15, 0.2) is 59.8 Å². The van der Waals surface area contributed by atoms with Crippen molar-refractivity contribution in [1.29, 1.82) is 0 Å². The maximum atomic E-state index is 13.9. The van der Waals surface area contributed by atoms with E-state index in [0.29, 0.717) is 11.0 Å². The van der Waals surface area contributed by atoms with E-state index in [4.69, 9.17) is 4.74 Å². The molecule has 0 bridgehead atoms. The van der Waals surface area contributed by atoms with Gasteiger partial charge in [0.1, 0.15) is 6.61 Å². The van der Waals surface area contributed by atoms with Crippen LogP contribution in [-0.2, 0) is 11.4 Å². The molecule has 0 atom stereocenters. The van der Waals surface area contributed by atoms with Gasteiger partial charge in [-0.05, 0) is 52.0 Å². The highest BCUT2D eigenvalue weighted by molar-refractivity contribution is 7.99. The van der Waals surface area contributed by atoms with Gasteiger partial charge < -0.3 is 9.64 Å². The molecule has 1 amide bonds. The Bertz CT molecular complexity index is 1000. The van der Waals surface area contributed by atoms with Gasteiger partial charge in [-0.2, -0.15) is 0 Å². The lowest BCUT2D eigenvalue weighted by atomic mass is 10.2. The fourth-order valence-electron chi connectivity index (χ4n) is 3.40. The van der Waals surface area contributed by atoms with Crippen LogP contribution in [0.5, 0.6) is 5.75 Å². The highest BCUT2D eigenvalue weighted by Crippen LogP contribution is 2.24. The van der Waals surface area contributed by atoms with E-state index < -0.39 is 5.82 Å². The van der Waals surface area contributed by atoms with Crippen molar-refractivity contribution >= 4 is 17.7 Å². The first-order chi connectivity index (χ1) is 14.9. The van der Waals surface area contributed by atoms with Crippen molar-refractivity contribution in [1.82, 2.24) is 19.7 Å². The summed E-state index contributed by atoms with van der Waals surface area (Å²) in [6.45, 7) is 8.07. The fraction of sp³-hybridized carbons (Fsp3) is 0.348. The van der Waals surface area contributed by atoms with Crippen molar-refractivity contribution in [3.8, 4) is 11.4 Å². The summed E-state index contributed by atoms with van der Waals surface area (Å²) in [5, 5.41) is 9.11. The van der Waals surface area contributed by atoms with Crippen LogP contribution in [0.25, 0.3) is 5.69 Å². The molecule has 3 rings (SSSR count). The molecule has 0 aliphatic rings. The number of halogens is 1. The van der Waals surface area contributed by atoms with Gasteiger partial charge in [-0.15, -0.1) is 10.2 Å². The predicted molar refractivity (Wildman–Crippen MR) is 120 cm³/mol. The van der Waals surface area contributed by atoms with E-state index >= 15 is 0 Å². The largest absolute Gasteiger partial charge is 0.483 e. The molecule has 0 N–H and O–H groups in total. The van der Waals surface area contributed by atoms with Gasteiger partial charge in [0.15, 0.2) is 22.5 Å². The number of hydrogen-bond donors (Lipinski definition) is 0. The molecule has 0 radical (unpaired) electrons. The number of hydrogen-bond acceptors (Lipinski definition) is 5. The highest BCUT2D eigenvalue weighted by atomic mass is 32.2. The van der Waals surface area contributed by atoms with Gasteiger partial charge >= 0.3 is 0 Å². The number of aromatic nitrogens is 3. The molecule has 3 aromatic rings. The predicted octanol–water partition coefficient (Wildman–Crippen LogP) is 4.72. The van der Waals surface area contributed by atoms with Crippen molar-refractivity contribution in [3.63, 3.8) is 0 Å². The highest BCUT2D eigenvalue weighted by Gasteiger charge is 2.22. The van der Waals surface area contributed by atoms with Crippen LogP contribution in [0.1, 0.15) is 33.5 Å². The minimum atomic E-state index is -0.434. The second kappa shape index (κ2) is 10.4. The summed E-state index contributed by atoms with van der Waals surface area (Å²) in [6, 6.07) is 16.1. The second-order valence-corrected chi connectivity index (χ2v) is 8.51. The third-order valence-electron chi connectivity index (χ3n) is 4.63. The molecule has 0 aliphatic carbocycles. The Morgan fingerprint density at radius 3 is 2.32 bits per heavy atom. The molecular weight excluding hydrogens is 415 g/mol. The Hall–Kier alpha value is -2.87. The van der Waals surface area contributed by atoms with Crippen molar-refractivity contribution in [3.05, 3.63) is 66.2 Å². The van der Waals surface area contributed by atoms with Crippen molar-refractivity contribution < 1.29 is 13.9 Å². The SMILES string of the molecule is CC(C)N(C(=O)CSc1nnc(COc2ccccc2F)n1-c1ccccc1)C(C)C. The number of amides is 1. The lowest BCUT2D eigenvalue weighted by molar-refractivity contribution is -0.131. The van der Waals surface area contributed by atoms with Gasteiger partial charge in [0.2, 0.25) is 5.91 Å². The lowest BCUT2D eigenvalue weighted by Crippen LogP contribution is -2.43. The summed E-state index contributed by atoms with van der Waals surface area (Å²) in [7, 11) is 0. The molecule has 0 aliphatic heterocycles.